The quantitative estimate of drug-likeness (QED) is 0.900. The molecule has 2 aromatic rings. The van der Waals surface area contributed by atoms with Gasteiger partial charge in [-0.3, -0.25) is 9.59 Å². The lowest BCUT2D eigenvalue weighted by molar-refractivity contribution is -0.122. The van der Waals surface area contributed by atoms with Crippen LogP contribution in [0, 0.1) is 26.7 Å². The lowest BCUT2D eigenvalue weighted by Gasteiger charge is -2.20. The number of nitrogens with zero attached hydrogens (tertiary/aromatic N) is 1. The second kappa shape index (κ2) is 7.32. The van der Waals surface area contributed by atoms with Gasteiger partial charge >= 0.3 is 0 Å². The molecule has 1 N–H and O–H groups in total. The summed E-state index contributed by atoms with van der Waals surface area (Å²) in [4.78, 5) is 27.1. The summed E-state index contributed by atoms with van der Waals surface area (Å²) in [6.45, 7) is 8.56. The first-order valence-corrected chi connectivity index (χ1v) is 9.17. The zero-order valence-corrected chi connectivity index (χ0v) is 15.9. The molecule has 4 heteroatoms. The molecule has 1 aliphatic rings. The number of aryl methyl sites for hydroxylation is 4. The Bertz CT molecular complexity index is 834. The maximum atomic E-state index is 12.8. The van der Waals surface area contributed by atoms with Crippen LogP contribution < -0.4 is 10.2 Å². The van der Waals surface area contributed by atoms with Gasteiger partial charge in [0.05, 0.1) is 5.92 Å². The van der Waals surface area contributed by atoms with Crippen LogP contribution in [-0.4, -0.2) is 18.4 Å². The Morgan fingerprint density at radius 2 is 1.81 bits per heavy atom. The second-order valence-corrected chi connectivity index (χ2v) is 7.15. The van der Waals surface area contributed by atoms with Crippen molar-refractivity contribution >= 4 is 23.2 Å². The molecule has 0 aromatic heterocycles. The van der Waals surface area contributed by atoms with Gasteiger partial charge in [-0.1, -0.05) is 42.8 Å². The smallest absolute Gasteiger partial charge is 0.229 e. The number of carbonyl (C=O) groups is 2. The minimum atomic E-state index is -0.326. The molecular formula is C22H26N2O2. The zero-order chi connectivity index (χ0) is 18.8. The fourth-order valence-electron chi connectivity index (χ4n) is 3.79. The largest absolute Gasteiger partial charge is 0.325 e. The topological polar surface area (TPSA) is 49.4 Å². The number of para-hydroxylation sites is 1. The Morgan fingerprint density at radius 3 is 2.46 bits per heavy atom. The number of anilines is 2. The second-order valence-electron chi connectivity index (χ2n) is 7.15. The summed E-state index contributed by atoms with van der Waals surface area (Å²) < 4.78 is 0. The first-order chi connectivity index (χ1) is 12.4. The van der Waals surface area contributed by atoms with Gasteiger partial charge in [0.2, 0.25) is 11.8 Å². The Kier molecular flexibility index (Phi) is 5.12. The van der Waals surface area contributed by atoms with Crippen LogP contribution >= 0.6 is 0 Å². The first-order valence-electron chi connectivity index (χ1n) is 9.17. The molecule has 136 valence electrons. The predicted octanol–water partition coefficient (Wildman–Crippen LogP) is 4.17. The third-order valence-corrected chi connectivity index (χ3v) is 5.08. The molecule has 2 aromatic carbocycles. The Balaban J connectivity index is 1.78. The van der Waals surface area contributed by atoms with E-state index in [1.165, 1.54) is 5.56 Å². The Hall–Kier alpha value is -2.62. The SMILES string of the molecule is CCc1ccccc1N1CC(C(=O)Nc2c(C)cc(C)cc2C)CC1=O. The molecule has 1 atom stereocenters. The first kappa shape index (κ1) is 18.2. The summed E-state index contributed by atoms with van der Waals surface area (Å²) in [5.74, 6) is -0.388. The standard InChI is InChI=1S/C22H26N2O2/c1-5-17-8-6-7-9-19(17)24-13-18(12-20(24)25)22(26)23-21-15(3)10-14(2)11-16(21)4/h6-11,18H,5,12-13H2,1-4H3,(H,23,26). The lowest BCUT2D eigenvalue weighted by atomic mass is 10.0. The number of benzene rings is 2. The molecule has 1 aliphatic heterocycles. The van der Waals surface area contributed by atoms with E-state index in [1.807, 2.05) is 45.0 Å². The molecule has 0 bridgehead atoms. The molecule has 0 aliphatic carbocycles. The molecule has 1 heterocycles. The zero-order valence-electron chi connectivity index (χ0n) is 15.9. The number of amides is 2. The fourth-order valence-corrected chi connectivity index (χ4v) is 3.79. The van der Waals surface area contributed by atoms with E-state index in [9.17, 15) is 9.59 Å². The van der Waals surface area contributed by atoms with Gasteiger partial charge in [-0.25, -0.2) is 0 Å². The molecule has 1 unspecified atom stereocenters. The molecule has 26 heavy (non-hydrogen) atoms. The van der Waals surface area contributed by atoms with Crippen molar-refractivity contribution in [3.05, 3.63) is 58.7 Å². The summed E-state index contributed by atoms with van der Waals surface area (Å²) in [6.07, 6.45) is 1.12. The van der Waals surface area contributed by atoms with Gasteiger partial charge in [0, 0.05) is 24.3 Å². The highest BCUT2D eigenvalue weighted by Crippen LogP contribution is 2.30. The third kappa shape index (κ3) is 3.50. The van der Waals surface area contributed by atoms with Gasteiger partial charge < -0.3 is 10.2 Å². The summed E-state index contributed by atoms with van der Waals surface area (Å²) >= 11 is 0. The average Bonchev–Trinajstić information content (AvgIpc) is 2.99. The number of rotatable bonds is 4. The normalized spacial score (nSPS) is 16.8. The van der Waals surface area contributed by atoms with Crippen molar-refractivity contribution in [1.82, 2.24) is 0 Å². The number of nitrogens with one attached hydrogen (secondary N) is 1. The number of hydrogen-bond donors (Lipinski definition) is 1. The molecule has 0 radical (unpaired) electrons. The van der Waals surface area contributed by atoms with Gasteiger partial charge in [-0.05, 0) is 49.9 Å². The van der Waals surface area contributed by atoms with Gasteiger partial charge in [0.15, 0.2) is 0 Å². The molecule has 1 fully saturated rings. The maximum absolute atomic E-state index is 12.8. The van der Waals surface area contributed by atoms with Crippen LogP contribution in [-0.2, 0) is 16.0 Å². The maximum Gasteiger partial charge on any atom is 0.229 e. The highest BCUT2D eigenvalue weighted by Gasteiger charge is 2.36. The number of carbonyl (C=O) groups excluding carboxylic acids is 2. The van der Waals surface area contributed by atoms with Gasteiger partial charge in [-0.2, -0.15) is 0 Å². The van der Waals surface area contributed by atoms with E-state index in [0.29, 0.717) is 6.54 Å². The van der Waals surface area contributed by atoms with Crippen molar-refractivity contribution in [2.45, 2.75) is 40.5 Å². The van der Waals surface area contributed by atoms with Crippen molar-refractivity contribution in [3.63, 3.8) is 0 Å². The van der Waals surface area contributed by atoms with Crippen molar-refractivity contribution in [2.75, 3.05) is 16.8 Å². The highest BCUT2D eigenvalue weighted by molar-refractivity contribution is 6.04. The fraction of sp³-hybridized carbons (Fsp3) is 0.364. The van der Waals surface area contributed by atoms with E-state index < -0.39 is 0 Å². The molecule has 4 nitrogen and oxygen atoms in total. The minimum Gasteiger partial charge on any atom is -0.325 e. The monoisotopic (exact) mass is 350 g/mol. The van der Waals surface area contributed by atoms with E-state index in [2.05, 4.69) is 24.4 Å². The number of hydrogen-bond acceptors (Lipinski definition) is 2. The highest BCUT2D eigenvalue weighted by atomic mass is 16.2. The van der Waals surface area contributed by atoms with Crippen molar-refractivity contribution in [3.8, 4) is 0 Å². The lowest BCUT2D eigenvalue weighted by Crippen LogP contribution is -2.29. The molecule has 3 rings (SSSR count). The molecule has 2 amide bonds. The van der Waals surface area contributed by atoms with Crippen molar-refractivity contribution in [2.24, 2.45) is 5.92 Å². The molecule has 0 saturated carbocycles. The minimum absolute atomic E-state index is 0.0170. The van der Waals surface area contributed by atoms with Crippen LogP contribution in [0.15, 0.2) is 36.4 Å². The van der Waals surface area contributed by atoms with Crippen molar-refractivity contribution < 1.29 is 9.59 Å². The summed E-state index contributed by atoms with van der Waals surface area (Å²) in [5.41, 5.74) is 6.20. The van der Waals surface area contributed by atoms with Crippen LogP contribution in [0.2, 0.25) is 0 Å². The van der Waals surface area contributed by atoms with Crippen molar-refractivity contribution in [1.29, 1.82) is 0 Å². The molecule has 0 spiro atoms. The Labute approximate surface area is 155 Å². The molecule has 1 saturated heterocycles. The van der Waals surface area contributed by atoms with E-state index in [4.69, 9.17) is 0 Å². The third-order valence-electron chi connectivity index (χ3n) is 5.08. The van der Waals surface area contributed by atoms with Crippen LogP contribution in [0.25, 0.3) is 0 Å². The Morgan fingerprint density at radius 1 is 1.15 bits per heavy atom. The molecular weight excluding hydrogens is 324 g/mol. The predicted molar refractivity (Wildman–Crippen MR) is 106 cm³/mol. The van der Waals surface area contributed by atoms with Gasteiger partial charge in [-0.15, -0.1) is 0 Å². The van der Waals surface area contributed by atoms with Crippen LogP contribution in [0.4, 0.5) is 11.4 Å². The summed E-state index contributed by atoms with van der Waals surface area (Å²) in [7, 11) is 0. The van der Waals surface area contributed by atoms with Gasteiger partial charge in [0.1, 0.15) is 0 Å². The van der Waals surface area contributed by atoms with Crippen LogP contribution in [0.5, 0.6) is 0 Å². The van der Waals surface area contributed by atoms with E-state index in [1.54, 1.807) is 4.90 Å². The summed E-state index contributed by atoms with van der Waals surface area (Å²) in [6, 6.07) is 12.0. The van der Waals surface area contributed by atoms with Crippen LogP contribution in [0.1, 0.15) is 35.6 Å². The van der Waals surface area contributed by atoms with E-state index in [-0.39, 0.29) is 24.2 Å². The summed E-state index contributed by atoms with van der Waals surface area (Å²) in [5, 5.41) is 3.05. The van der Waals surface area contributed by atoms with Crippen LogP contribution in [0.3, 0.4) is 0 Å². The van der Waals surface area contributed by atoms with E-state index >= 15 is 0 Å². The van der Waals surface area contributed by atoms with Gasteiger partial charge in [0.25, 0.3) is 0 Å². The average molecular weight is 350 g/mol. The van der Waals surface area contributed by atoms with E-state index in [0.717, 1.165) is 34.5 Å².